The summed E-state index contributed by atoms with van der Waals surface area (Å²) in [6.45, 7) is -0.508. The molecule has 0 fully saturated rings. The Morgan fingerprint density at radius 2 is 1.95 bits per heavy atom. The molecule has 0 aliphatic heterocycles. The Kier molecular flexibility index (Phi) is 4.80. The lowest BCUT2D eigenvalue weighted by molar-refractivity contribution is -0.135. The number of carboxylic acid groups (broad SMARTS) is 1. The summed E-state index contributed by atoms with van der Waals surface area (Å²) in [7, 11) is 0. The van der Waals surface area contributed by atoms with Crippen molar-refractivity contribution in [3.8, 4) is 0 Å². The molecule has 0 radical (unpaired) electrons. The number of furan rings is 1. The first kappa shape index (κ1) is 15.6. The number of hydrogen-bond acceptors (Lipinski definition) is 4. The Morgan fingerprint density at radius 1 is 1.18 bits per heavy atom. The number of nitrogens with one attached hydrogen (secondary N) is 2. The van der Waals surface area contributed by atoms with Gasteiger partial charge in [-0.25, -0.2) is 0 Å². The highest BCUT2D eigenvalue weighted by molar-refractivity contribution is 6.34. The number of carboxylic acids is 1. The number of anilines is 1. The zero-order valence-electron chi connectivity index (χ0n) is 11.1. The van der Waals surface area contributed by atoms with E-state index in [0.29, 0.717) is 5.69 Å². The Hall–Kier alpha value is -2.80. The minimum Gasteiger partial charge on any atom is -0.480 e. The second kappa shape index (κ2) is 6.77. The molecule has 8 heteroatoms. The zero-order chi connectivity index (χ0) is 16.1. The summed E-state index contributed by atoms with van der Waals surface area (Å²) in [4.78, 5) is 33.9. The van der Waals surface area contributed by atoms with E-state index in [4.69, 9.17) is 21.1 Å². The molecule has 1 aromatic heterocycles. The molecular weight excluding hydrogens is 312 g/mol. The van der Waals surface area contributed by atoms with Crippen LogP contribution in [0.4, 0.5) is 5.69 Å². The molecule has 0 saturated carbocycles. The van der Waals surface area contributed by atoms with Crippen molar-refractivity contribution >= 4 is 35.1 Å². The van der Waals surface area contributed by atoms with Crippen LogP contribution in [0.1, 0.15) is 20.9 Å². The van der Waals surface area contributed by atoms with E-state index in [2.05, 4.69) is 10.6 Å². The number of carbonyl (C=O) groups excluding carboxylic acids is 2. The Labute approximate surface area is 129 Å². The van der Waals surface area contributed by atoms with Gasteiger partial charge < -0.3 is 20.2 Å². The van der Waals surface area contributed by atoms with Gasteiger partial charge in [0.05, 0.1) is 16.8 Å². The van der Waals surface area contributed by atoms with Gasteiger partial charge in [0, 0.05) is 5.69 Å². The lowest BCUT2D eigenvalue weighted by Crippen LogP contribution is -2.29. The smallest absolute Gasteiger partial charge is 0.322 e. The molecule has 22 heavy (non-hydrogen) atoms. The third-order valence-corrected chi connectivity index (χ3v) is 2.93. The van der Waals surface area contributed by atoms with E-state index in [0.717, 1.165) is 0 Å². The summed E-state index contributed by atoms with van der Waals surface area (Å²) in [5.74, 6) is -2.09. The van der Waals surface area contributed by atoms with E-state index >= 15 is 0 Å². The molecule has 0 atom stereocenters. The molecule has 1 heterocycles. The van der Waals surface area contributed by atoms with Crippen LogP contribution in [0.25, 0.3) is 0 Å². The average Bonchev–Trinajstić information content (AvgIpc) is 2.99. The molecule has 2 amide bonds. The highest BCUT2D eigenvalue weighted by Crippen LogP contribution is 2.21. The number of carbonyl (C=O) groups is 3. The van der Waals surface area contributed by atoms with E-state index in [1.54, 1.807) is 6.07 Å². The van der Waals surface area contributed by atoms with E-state index in [9.17, 15) is 14.4 Å². The van der Waals surface area contributed by atoms with Crippen molar-refractivity contribution in [3.63, 3.8) is 0 Å². The largest absolute Gasteiger partial charge is 0.480 e. The zero-order valence-corrected chi connectivity index (χ0v) is 11.9. The maximum Gasteiger partial charge on any atom is 0.322 e. The molecular formula is C14H11ClN2O5. The third-order valence-electron chi connectivity index (χ3n) is 2.62. The van der Waals surface area contributed by atoms with Gasteiger partial charge >= 0.3 is 5.97 Å². The molecule has 0 unspecified atom stereocenters. The van der Waals surface area contributed by atoms with Gasteiger partial charge in [-0.3, -0.25) is 14.4 Å². The summed E-state index contributed by atoms with van der Waals surface area (Å²) in [5, 5.41) is 13.3. The molecule has 0 saturated heterocycles. The highest BCUT2D eigenvalue weighted by Gasteiger charge is 2.14. The quantitative estimate of drug-likeness (QED) is 0.780. The van der Waals surface area contributed by atoms with Gasteiger partial charge in [0.15, 0.2) is 5.76 Å². The summed E-state index contributed by atoms with van der Waals surface area (Å²) < 4.78 is 4.95. The van der Waals surface area contributed by atoms with Crippen LogP contribution in [-0.2, 0) is 4.79 Å². The minimum absolute atomic E-state index is 0.0835. The van der Waals surface area contributed by atoms with Crippen molar-refractivity contribution in [2.75, 3.05) is 11.9 Å². The second-order valence-electron chi connectivity index (χ2n) is 4.20. The molecule has 2 aromatic rings. The van der Waals surface area contributed by atoms with Crippen molar-refractivity contribution < 1.29 is 23.9 Å². The van der Waals surface area contributed by atoms with Crippen LogP contribution in [0.2, 0.25) is 5.02 Å². The summed E-state index contributed by atoms with van der Waals surface area (Å²) in [5.41, 5.74) is 0.486. The second-order valence-corrected chi connectivity index (χ2v) is 4.61. The highest BCUT2D eigenvalue weighted by atomic mass is 35.5. The number of halogens is 1. The van der Waals surface area contributed by atoms with Gasteiger partial charge in [-0.2, -0.15) is 0 Å². The van der Waals surface area contributed by atoms with Crippen molar-refractivity contribution in [1.29, 1.82) is 0 Å². The van der Waals surface area contributed by atoms with Crippen molar-refractivity contribution in [1.82, 2.24) is 5.32 Å². The summed E-state index contributed by atoms with van der Waals surface area (Å²) >= 11 is 5.96. The number of rotatable bonds is 5. The van der Waals surface area contributed by atoms with Gasteiger partial charge in [-0.05, 0) is 30.3 Å². The summed E-state index contributed by atoms with van der Waals surface area (Å²) in [6.07, 6.45) is 1.37. The van der Waals surface area contributed by atoms with Crippen LogP contribution in [0.5, 0.6) is 0 Å². The van der Waals surface area contributed by atoms with Crippen molar-refractivity contribution in [3.05, 3.63) is 52.9 Å². The molecule has 0 aliphatic carbocycles. The van der Waals surface area contributed by atoms with Crippen LogP contribution in [-0.4, -0.2) is 29.4 Å². The van der Waals surface area contributed by atoms with Crippen molar-refractivity contribution in [2.45, 2.75) is 0 Å². The number of amides is 2. The molecule has 114 valence electrons. The Morgan fingerprint density at radius 3 is 2.55 bits per heavy atom. The van der Waals surface area contributed by atoms with E-state index in [-0.39, 0.29) is 16.3 Å². The van der Waals surface area contributed by atoms with Gasteiger partial charge in [-0.1, -0.05) is 11.6 Å². The van der Waals surface area contributed by atoms with E-state index in [1.165, 1.54) is 30.5 Å². The standard InChI is InChI=1S/C14H11ClN2O5/c15-10-6-8(17-14(21)11-2-1-5-22-11)3-4-9(10)13(20)16-7-12(18)19/h1-6H,7H2,(H,16,20)(H,17,21)(H,18,19). The number of hydrogen-bond donors (Lipinski definition) is 3. The Balaban J connectivity index is 2.07. The lowest BCUT2D eigenvalue weighted by Gasteiger charge is -2.08. The van der Waals surface area contributed by atoms with Crippen molar-refractivity contribution in [2.24, 2.45) is 0 Å². The molecule has 3 N–H and O–H groups in total. The van der Waals surface area contributed by atoms with Gasteiger partial charge in [0.25, 0.3) is 11.8 Å². The molecule has 7 nitrogen and oxygen atoms in total. The first-order valence-electron chi connectivity index (χ1n) is 6.12. The van der Waals surface area contributed by atoms with Crippen LogP contribution in [0, 0.1) is 0 Å². The third kappa shape index (κ3) is 3.86. The Bertz CT molecular complexity index is 712. The number of benzene rings is 1. The fourth-order valence-electron chi connectivity index (χ4n) is 1.63. The minimum atomic E-state index is -1.16. The molecule has 2 rings (SSSR count). The first-order chi connectivity index (χ1) is 10.5. The number of aliphatic carboxylic acids is 1. The maximum atomic E-state index is 11.8. The summed E-state index contributed by atoms with van der Waals surface area (Å²) in [6, 6.07) is 7.33. The van der Waals surface area contributed by atoms with Gasteiger partial charge in [-0.15, -0.1) is 0 Å². The fraction of sp³-hybridized carbons (Fsp3) is 0.0714. The fourth-order valence-corrected chi connectivity index (χ4v) is 1.89. The monoisotopic (exact) mass is 322 g/mol. The lowest BCUT2D eigenvalue weighted by atomic mass is 10.2. The van der Waals surface area contributed by atoms with Crippen LogP contribution in [0.15, 0.2) is 41.0 Å². The van der Waals surface area contributed by atoms with E-state index in [1.807, 2.05) is 0 Å². The van der Waals surface area contributed by atoms with Gasteiger partial charge in [0.2, 0.25) is 0 Å². The maximum absolute atomic E-state index is 11.8. The molecule has 0 spiro atoms. The normalized spacial score (nSPS) is 10.0. The van der Waals surface area contributed by atoms with Crippen LogP contribution in [0.3, 0.4) is 0 Å². The average molecular weight is 323 g/mol. The predicted molar refractivity (Wildman–Crippen MR) is 78.1 cm³/mol. The molecule has 1 aromatic carbocycles. The topological polar surface area (TPSA) is 109 Å². The SMILES string of the molecule is O=C(O)CNC(=O)c1ccc(NC(=O)c2ccco2)cc1Cl. The first-order valence-corrected chi connectivity index (χ1v) is 6.49. The van der Waals surface area contributed by atoms with E-state index < -0.39 is 24.3 Å². The van der Waals surface area contributed by atoms with Crippen LogP contribution < -0.4 is 10.6 Å². The molecule has 0 aliphatic rings. The molecule has 0 bridgehead atoms. The van der Waals surface area contributed by atoms with Gasteiger partial charge in [0.1, 0.15) is 6.54 Å². The van der Waals surface area contributed by atoms with Crippen LogP contribution >= 0.6 is 11.6 Å². The predicted octanol–water partition coefficient (Wildman–Crippen LogP) is 2.00.